The molecule has 0 saturated heterocycles. The third kappa shape index (κ3) is 3.09. The van der Waals surface area contributed by atoms with Crippen LogP contribution in [0.3, 0.4) is 0 Å². The fourth-order valence-electron chi connectivity index (χ4n) is 3.01. The molecule has 4 rings (SSSR count). The second kappa shape index (κ2) is 6.50. The molecule has 0 amide bonds. The molecule has 7 nitrogen and oxygen atoms in total. The van der Waals surface area contributed by atoms with Gasteiger partial charge in [-0.25, -0.2) is 15.0 Å². The van der Waals surface area contributed by atoms with E-state index in [1.165, 1.54) is 0 Å². The summed E-state index contributed by atoms with van der Waals surface area (Å²) >= 11 is 0. The van der Waals surface area contributed by atoms with Crippen LogP contribution < -0.4 is 5.73 Å². The van der Waals surface area contributed by atoms with Crippen molar-refractivity contribution in [3.8, 4) is 17.5 Å². The zero-order valence-electron chi connectivity index (χ0n) is 15.0. The van der Waals surface area contributed by atoms with Gasteiger partial charge in [-0.1, -0.05) is 12.1 Å². The van der Waals surface area contributed by atoms with Crippen molar-refractivity contribution in [3.63, 3.8) is 0 Å². The minimum atomic E-state index is 0.529. The fourth-order valence-corrected chi connectivity index (χ4v) is 3.01. The SMILES string of the molecule is Cc1nc(-c2cc(C#N)ccn2)c2ncn(Cc3ccc(N)c(C)c3)c2n1. The predicted octanol–water partition coefficient (Wildman–Crippen LogP) is 3.01. The first-order valence-electron chi connectivity index (χ1n) is 8.46. The van der Waals surface area contributed by atoms with Gasteiger partial charge in [0.1, 0.15) is 17.0 Å². The zero-order chi connectivity index (χ0) is 19.0. The molecule has 1 aromatic carbocycles. The smallest absolute Gasteiger partial charge is 0.164 e. The summed E-state index contributed by atoms with van der Waals surface area (Å²) < 4.78 is 1.98. The van der Waals surface area contributed by atoms with Gasteiger partial charge in [0.25, 0.3) is 0 Å². The highest BCUT2D eigenvalue weighted by Gasteiger charge is 2.15. The Hall–Kier alpha value is -3.79. The van der Waals surface area contributed by atoms with Crippen LogP contribution in [0.4, 0.5) is 5.69 Å². The summed E-state index contributed by atoms with van der Waals surface area (Å²) in [6.45, 7) is 4.45. The first kappa shape index (κ1) is 16.7. The lowest BCUT2D eigenvalue weighted by molar-refractivity contribution is 0.810. The predicted molar refractivity (Wildman–Crippen MR) is 103 cm³/mol. The van der Waals surface area contributed by atoms with E-state index in [1.54, 1.807) is 24.7 Å². The molecule has 0 aliphatic rings. The van der Waals surface area contributed by atoms with Crippen molar-refractivity contribution in [1.82, 2.24) is 24.5 Å². The molecule has 0 bridgehead atoms. The lowest BCUT2D eigenvalue weighted by atomic mass is 10.1. The minimum Gasteiger partial charge on any atom is -0.399 e. The topological polar surface area (TPSA) is 106 Å². The molecule has 3 aromatic heterocycles. The average molecular weight is 355 g/mol. The summed E-state index contributed by atoms with van der Waals surface area (Å²) in [5.74, 6) is 0.622. The lowest BCUT2D eigenvalue weighted by Crippen LogP contribution is -2.03. The normalized spacial score (nSPS) is 10.9. The van der Waals surface area contributed by atoms with Gasteiger partial charge in [-0.2, -0.15) is 5.26 Å². The Bertz CT molecular complexity index is 1200. The molecule has 0 aliphatic heterocycles. The maximum atomic E-state index is 9.15. The Morgan fingerprint density at radius 1 is 1.11 bits per heavy atom. The van der Waals surface area contributed by atoms with Crippen molar-refractivity contribution >= 4 is 16.9 Å². The molecule has 0 radical (unpaired) electrons. The molecule has 0 unspecified atom stereocenters. The van der Waals surface area contributed by atoms with Gasteiger partial charge >= 0.3 is 0 Å². The van der Waals surface area contributed by atoms with E-state index in [-0.39, 0.29) is 0 Å². The maximum Gasteiger partial charge on any atom is 0.164 e. The molecule has 0 atom stereocenters. The van der Waals surface area contributed by atoms with E-state index in [2.05, 4.69) is 32.1 Å². The van der Waals surface area contributed by atoms with E-state index in [9.17, 15) is 0 Å². The Balaban J connectivity index is 1.82. The van der Waals surface area contributed by atoms with Crippen molar-refractivity contribution < 1.29 is 0 Å². The molecule has 132 valence electrons. The number of benzene rings is 1. The highest BCUT2D eigenvalue weighted by atomic mass is 15.1. The summed E-state index contributed by atoms with van der Waals surface area (Å²) in [5, 5.41) is 9.15. The molecule has 3 heterocycles. The zero-order valence-corrected chi connectivity index (χ0v) is 15.0. The molecular formula is C20H17N7. The van der Waals surface area contributed by atoms with Crippen molar-refractivity contribution in [3.05, 3.63) is 65.4 Å². The van der Waals surface area contributed by atoms with Crippen LogP contribution in [0.2, 0.25) is 0 Å². The molecule has 0 fully saturated rings. The molecule has 0 aliphatic carbocycles. The van der Waals surface area contributed by atoms with Crippen LogP contribution in [0.1, 0.15) is 22.5 Å². The van der Waals surface area contributed by atoms with Gasteiger partial charge in [0.05, 0.1) is 30.2 Å². The van der Waals surface area contributed by atoms with Gasteiger partial charge < -0.3 is 10.3 Å². The van der Waals surface area contributed by atoms with E-state index in [0.29, 0.717) is 34.8 Å². The molecule has 27 heavy (non-hydrogen) atoms. The first-order valence-corrected chi connectivity index (χ1v) is 8.46. The summed E-state index contributed by atoms with van der Waals surface area (Å²) in [6.07, 6.45) is 3.35. The Kier molecular flexibility index (Phi) is 4.01. The number of aromatic nitrogens is 5. The number of aryl methyl sites for hydroxylation is 2. The third-order valence-electron chi connectivity index (χ3n) is 4.39. The van der Waals surface area contributed by atoms with Crippen LogP contribution >= 0.6 is 0 Å². The number of nitrogens with zero attached hydrogens (tertiary/aromatic N) is 6. The standard InChI is InChI=1S/C20H17N7/c1-12-7-15(3-4-16(12)22)10-27-11-24-19-18(25-13(2)26-20(19)27)17-8-14(9-21)5-6-23-17/h3-8,11H,10,22H2,1-2H3. The van der Waals surface area contributed by atoms with E-state index >= 15 is 0 Å². The van der Waals surface area contributed by atoms with Crippen LogP contribution in [0, 0.1) is 25.2 Å². The van der Waals surface area contributed by atoms with Gasteiger partial charge in [0, 0.05) is 11.9 Å². The van der Waals surface area contributed by atoms with Crippen molar-refractivity contribution in [2.45, 2.75) is 20.4 Å². The quantitative estimate of drug-likeness (QED) is 0.566. The number of pyridine rings is 1. The number of imidazole rings is 1. The molecule has 2 N–H and O–H groups in total. The molecule has 4 aromatic rings. The number of anilines is 1. The third-order valence-corrected chi connectivity index (χ3v) is 4.39. The van der Waals surface area contributed by atoms with Crippen LogP contribution in [-0.2, 0) is 6.54 Å². The average Bonchev–Trinajstić information content (AvgIpc) is 3.06. The van der Waals surface area contributed by atoms with E-state index in [0.717, 1.165) is 22.5 Å². The minimum absolute atomic E-state index is 0.529. The number of rotatable bonds is 3. The van der Waals surface area contributed by atoms with E-state index in [1.807, 2.05) is 30.5 Å². The Morgan fingerprint density at radius 3 is 2.74 bits per heavy atom. The number of fused-ring (bicyclic) bond motifs is 1. The van der Waals surface area contributed by atoms with Gasteiger partial charge in [0.2, 0.25) is 0 Å². The summed E-state index contributed by atoms with van der Waals surface area (Å²) in [5.41, 5.74) is 12.0. The highest BCUT2D eigenvalue weighted by Crippen LogP contribution is 2.25. The fraction of sp³-hybridized carbons (Fsp3) is 0.150. The second-order valence-electron chi connectivity index (χ2n) is 6.40. The number of nitrogen functional groups attached to an aromatic ring is 1. The Morgan fingerprint density at radius 2 is 1.96 bits per heavy atom. The monoisotopic (exact) mass is 355 g/mol. The van der Waals surface area contributed by atoms with Crippen molar-refractivity contribution in [2.75, 3.05) is 5.73 Å². The highest BCUT2D eigenvalue weighted by molar-refractivity contribution is 5.86. The summed E-state index contributed by atoms with van der Waals surface area (Å²) in [4.78, 5) is 18.0. The second-order valence-corrected chi connectivity index (χ2v) is 6.40. The first-order chi connectivity index (χ1) is 13.0. The van der Waals surface area contributed by atoms with Crippen LogP contribution in [0.25, 0.3) is 22.6 Å². The van der Waals surface area contributed by atoms with Gasteiger partial charge in [0.15, 0.2) is 5.65 Å². The summed E-state index contributed by atoms with van der Waals surface area (Å²) in [7, 11) is 0. The molecule has 0 spiro atoms. The van der Waals surface area contributed by atoms with Crippen molar-refractivity contribution in [1.29, 1.82) is 5.26 Å². The van der Waals surface area contributed by atoms with E-state index < -0.39 is 0 Å². The molecule has 7 heteroatoms. The van der Waals surface area contributed by atoms with Crippen LogP contribution in [-0.4, -0.2) is 24.5 Å². The van der Waals surface area contributed by atoms with E-state index in [4.69, 9.17) is 11.0 Å². The lowest BCUT2D eigenvalue weighted by Gasteiger charge is -2.08. The van der Waals surface area contributed by atoms with Crippen LogP contribution in [0.5, 0.6) is 0 Å². The molecule has 0 saturated carbocycles. The summed E-state index contributed by atoms with van der Waals surface area (Å²) in [6, 6.07) is 11.5. The van der Waals surface area contributed by atoms with Gasteiger partial charge in [-0.15, -0.1) is 0 Å². The van der Waals surface area contributed by atoms with Crippen LogP contribution in [0.15, 0.2) is 42.9 Å². The Labute approximate surface area is 156 Å². The number of nitrogens with two attached hydrogens (primary N) is 1. The van der Waals surface area contributed by atoms with Crippen molar-refractivity contribution in [2.24, 2.45) is 0 Å². The number of hydrogen-bond donors (Lipinski definition) is 1. The molecular weight excluding hydrogens is 338 g/mol. The van der Waals surface area contributed by atoms with Gasteiger partial charge in [-0.3, -0.25) is 4.98 Å². The number of hydrogen-bond acceptors (Lipinski definition) is 6. The largest absolute Gasteiger partial charge is 0.399 e. The maximum absolute atomic E-state index is 9.15. The van der Waals surface area contributed by atoms with Gasteiger partial charge in [-0.05, 0) is 43.2 Å². The number of nitriles is 1.